The Balaban J connectivity index is 2.40. The van der Waals surface area contributed by atoms with Gasteiger partial charge in [0.2, 0.25) is 0 Å². The highest BCUT2D eigenvalue weighted by Crippen LogP contribution is 2.34. The van der Waals surface area contributed by atoms with Crippen molar-refractivity contribution in [3.8, 4) is 0 Å². The molecule has 2 aromatic rings. The molecule has 1 N–H and O–H groups in total. The molecule has 4 heteroatoms. The van der Waals surface area contributed by atoms with Crippen molar-refractivity contribution in [2.45, 2.75) is 11.4 Å². The number of rotatable bonds is 0. The molecule has 1 aromatic carbocycles. The average molecular weight is 192 g/mol. The van der Waals surface area contributed by atoms with E-state index < -0.39 is 6.23 Å². The number of benzene rings is 1. The first-order valence-electron chi connectivity index (χ1n) is 4.14. The van der Waals surface area contributed by atoms with Crippen LogP contribution in [0.3, 0.4) is 0 Å². The van der Waals surface area contributed by atoms with Gasteiger partial charge in [-0.3, -0.25) is 4.57 Å². The second-order valence-electron chi connectivity index (χ2n) is 3.04. The molecule has 0 fully saturated rings. The fourth-order valence-electron chi connectivity index (χ4n) is 1.64. The molecular weight excluding hydrogens is 184 g/mol. The zero-order chi connectivity index (χ0) is 8.84. The first-order chi connectivity index (χ1) is 6.36. The number of aliphatic hydroxyl groups is 1. The normalized spacial score (nSPS) is 20.8. The molecule has 66 valence electrons. The molecule has 0 amide bonds. The number of aliphatic hydroxyl groups excluding tert-OH is 1. The smallest absolute Gasteiger partial charge is 0.171 e. The van der Waals surface area contributed by atoms with Gasteiger partial charge in [-0.15, -0.1) is 0 Å². The lowest BCUT2D eigenvalue weighted by Gasteiger charge is -2.04. The monoisotopic (exact) mass is 192 g/mol. The van der Waals surface area contributed by atoms with Crippen molar-refractivity contribution in [2.24, 2.45) is 0 Å². The molecule has 2 heterocycles. The minimum absolute atomic E-state index is 0.410. The van der Waals surface area contributed by atoms with Crippen molar-refractivity contribution in [3.05, 3.63) is 24.3 Å². The van der Waals surface area contributed by atoms with Gasteiger partial charge in [-0.05, 0) is 12.1 Å². The van der Waals surface area contributed by atoms with Crippen LogP contribution in [0.15, 0.2) is 29.4 Å². The Morgan fingerprint density at radius 1 is 1.46 bits per heavy atom. The molecule has 1 aromatic heterocycles. The highest BCUT2D eigenvalue weighted by Gasteiger charge is 2.23. The summed E-state index contributed by atoms with van der Waals surface area (Å²) in [6.07, 6.45) is -0.410. The maximum Gasteiger partial charge on any atom is 0.171 e. The highest BCUT2D eigenvalue weighted by atomic mass is 32.2. The highest BCUT2D eigenvalue weighted by molar-refractivity contribution is 7.99. The van der Waals surface area contributed by atoms with E-state index in [0.29, 0.717) is 5.75 Å². The third kappa shape index (κ3) is 0.927. The SMILES string of the molecule is OC1CSc2nc3ccccc3n21. The fourth-order valence-corrected chi connectivity index (χ4v) is 2.61. The van der Waals surface area contributed by atoms with Crippen LogP contribution < -0.4 is 0 Å². The van der Waals surface area contributed by atoms with Gasteiger partial charge in [0.1, 0.15) is 6.23 Å². The predicted octanol–water partition coefficient (Wildman–Crippen LogP) is 1.63. The van der Waals surface area contributed by atoms with E-state index in [4.69, 9.17) is 0 Å². The van der Waals surface area contributed by atoms with E-state index in [9.17, 15) is 5.11 Å². The van der Waals surface area contributed by atoms with E-state index in [2.05, 4.69) is 4.98 Å². The Morgan fingerprint density at radius 2 is 2.31 bits per heavy atom. The number of nitrogens with zero attached hydrogens (tertiary/aromatic N) is 2. The Labute approximate surface area is 79.4 Å². The molecule has 0 saturated heterocycles. The number of para-hydroxylation sites is 2. The summed E-state index contributed by atoms with van der Waals surface area (Å²) in [5.74, 6) is 0.715. The van der Waals surface area contributed by atoms with Crippen molar-refractivity contribution in [1.82, 2.24) is 9.55 Å². The zero-order valence-corrected chi connectivity index (χ0v) is 7.66. The standard InChI is InChI=1S/C9H8N2OS/c12-8-5-13-9-10-6-3-1-2-4-7(6)11(8)9/h1-4,8,12H,5H2. The average Bonchev–Trinajstić information content (AvgIpc) is 2.66. The molecule has 1 atom stereocenters. The van der Waals surface area contributed by atoms with Gasteiger partial charge >= 0.3 is 0 Å². The van der Waals surface area contributed by atoms with E-state index in [1.54, 1.807) is 11.8 Å². The number of thioether (sulfide) groups is 1. The van der Waals surface area contributed by atoms with Crippen molar-refractivity contribution in [1.29, 1.82) is 0 Å². The largest absolute Gasteiger partial charge is 0.372 e. The van der Waals surface area contributed by atoms with Gasteiger partial charge in [0.25, 0.3) is 0 Å². The van der Waals surface area contributed by atoms with Crippen LogP contribution in [-0.2, 0) is 0 Å². The fraction of sp³-hybridized carbons (Fsp3) is 0.222. The van der Waals surface area contributed by atoms with Crippen LogP contribution in [0.5, 0.6) is 0 Å². The van der Waals surface area contributed by atoms with Gasteiger partial charge in [-0.2, -0.15) is 0 Å². The molecular formula is C9H8N2OS. The van der Waals surface area contributed by atoms with Gasteiger partial charge < -0.3 is 5.11 Å². The summed E-state index contributed by atoms with van der Waals surface area (Å²) in [6, 6.07) is 7.88. The molecule has 0 bridgehead atoms. The summed E-state index contributed by atoms with van der Waals surface area (Å²) < 4.78 is 1.89. The minimum atomic E-state index is -0.410. The van der Waals surface area contributed by atoms with Crippen LogP contribution in [0.2, 0.25) is 0 Å². The first-order valence-corrected chi connectivity index (χ1v) is 5.12. The number of hydrogen-bond acceptors (Lipinski definition) is 3. The lowest BCUT2D eigenvalue weighted by molar-refractivity contribution is 0.132. The van der Waals surface area contributed by atoms with E-state index in [1.165, 1.54) is 0 Å². The molecule has 0 radical (unpaired) electrons. The number of hydrogen-bond donors (Lipinski definition) is 1. The number of fused-ring (bicyclic) bond motifs is 3. The van der Waals surface area contributed by atoms with Gasteiger partial charge in [0.05, 0.1) is 11.0 Å². The van der Waals surface area contributed by atoms with Crippen LogP contribution >= 0.6 is 11.8 Å². The zero-order valence-electron chi connectivity index (χ0n) is 6.84. The molecule has 0 saturated carbocycles. The van der Waals surface area contributed by atoms with Gasteiger partial charge in [0.15, 0.2) is 5.16 Å². The van der Waals surface area contributed by atoms with Gasteiger partial charge in [-0.1, -0.05) is 23.9 Å². The van der Waals surface area contributed by atoms with E-state index in [1.807, 2.05) is 28.8 Å². The van der Waals surface area contributed by atoms with Crippen molar-refractivity contribution in [3.63, 3.8) is 0 Å². The lowest BCUT2D eigenvalue weighted by atomic mass is 10.3. The van der Waals surface area contributed by atoms with Crippen molar-refractivity contribution >= 4 is 22.8 Å². The van der Waals surface area contributed by atoms with E-state index in [-0.39, 0.29) is 0 Å². The maximum atomic E-state index is 9.67. The molecule has 3 rings (SSSR count). The van der Waals surface area contributed by atoms with Crippen LogP contribution in [0, 0.1) is 0 Å². The number of imidazole rings is 1. The molecule has 3 nitrogen and oxygen atoms in total. The Kier molecular flexibility index (Phi) is 1.42. The third-order valence-electron chi connectivity index (χ3n) is 2.22. The third-order valence-corrected chi connectivity index (χ3v) is 3.23. The molecule has 1 aliphatic heterocycles. The van der Waals surface area contributed by atoms with Crippen LogP contribution in [-0.4, -0.2) is 20.4 Å². The summed E-state index contributed by atoms with van der Waals surface area (Å²) >= 11 is 1.60. The van der Waals surface area contributed by atoms with E-state index >= 15 is 0 Å². The summed E-state index contributed by atoms with van der Waals surface area (Å²) in [6.45, 7) is 0. The Hall–Kier alpha value is -1.00. The van der Waals surface area contributed by atoms with Crippen LogP contribution in [0.25, 0.3) is 11.0 Å². The predicted molar refractivity (Wildman–Crippen MR) is 51.7 cm³/mol. The molecule has 13 heavy (non-hydrogen) atoms. The summed E-state index contributed by atoms with van der Waals surface area (Å²) in [4.78, 5) is 4.41. The summed E-state index contributed by atoms with van der Waals surface area (Å²) in [7, 11) is 0. The second-order valence-corrected chi connectivity index (χ2v) is 4.03. The molecule has 1 unspecified atom stereocenters. The van der Waals surface area contributed by atoms with Gasteiger partial charge in [0, 0.05) is 5.75 Å². The van der Waals surface area contributed by atoms with Crippen molar-refractivity contribution in [2.75, 3.05) is 5.75 Å². The Morgan fingerprint density at radius 3 is 3.23 bits per heavy atom. The quantitative estimate of drug-likeness (QED) is 0.689. The Bertz CT molecular complexity index is 466. The van der Waals surface area contributed by atoms with Crippen LogP contribution in [0.4, 0.5) is 0 Å². The van der Waals surface area contributed by atoms with Crippen molar-refractivity contribution < 1.29 is 5.11 Å². The van der Waals surface area contributed by atoms with Crippen LogP contribution in [0.1, 0.15) is 6.23 Å². The van der Waals surface area contributed by atoms with Gasteiger partial charge in [-0.25, -0.2) is 4.98 Å². The first kappa shape index (κ1) is 7.41. The maximum absolute atomic E-state index is 9.67. The second kappa shape index (κ2) is 2.49. The number of aromatic nitrogens is 2. The topological polar surface area (TPSA) is 38.1 Å². The summed E-state index contributed by atoms with van der Waals surface area (Å²) in [5.41, 5.74) is 1.98. The van der Waals surface area contributed by atoms with E-state index in [0.717, 1.165) is 16.2 Å². The molecule has 0 spiro atoms. The molecule has 0 aliphatic carbocycles. The lowest BCUT2D eigenvalue weighted by Crippen LogP contribution is -2.03. The minimum Gasteiger partial charge on any atom is -0.372 e. The summed E-state index contributed by atoms with van der Waals surface area (Å²) in [5, 5.41) is 10.6. The molecule has 1 aliphatic rings.